The third kappa shape index (κ3) is 3.24. The Morgan fingerprint density at radius 2 is 1.64 bits per heavy atom. The molecule has 1 aromatic carbocycles. The summed E-state index contributed by atoms with van der Waals surface area (Å²) < 4.78 is 40.2. The molecule has 2 aliphatic carbocycles. The van der Waals surface area contributed by atoms with E-state index in [-0.39, 0.29) is 24.8 Å². The fraction of sp³-hybridized carbons (Fsp3) is 0.556. The Morgan fingerprint density at radius 3 is 2.12 bits per heavy atom. The van der Waals surface area contributed by atoms with Gasteiger partial charge in [0.05, 0.1) is 0 Å². The molecule has 0 aromatic heterocycles. The van der Waals surface area contributed by atoms with Crippen molar-refractivity contribution < 1.29 is 22.8 Å². The van der Waals surface area contributed by atoms with Gasteiger partial charge in [0.15, 0.2) is 0 Å². The van der Waals surface area contributed by atoms with E-state index in [1.165, 1.54) is 0 Å². The fourth-order valence-corrected chi connectivity index (χ4v) is 3.87. The van der Waals surface area contributed by atoms with Crippen LogP contribution in [0.15, 0.2) is 24.3 Å². The molecule has 4 nitrogen and oxygen atoms in total. The van der Waals surface area contributed by atoms with Crippen LogP contribution in [-0.4, -0.2) is 24.0 Å². The maximum absolute atomic E-state index is 13.4. The summed E-state index contributed by atoms with van der Waals surface area (Å²) in [4.78, 5) is 23.4. The van der Waals surface area contributed by atoms with Crippen molar-refractivity contribution >= 4 is 11.8 Å². The van der Waals surface area contributed by atoms with Gasteiger partial charge in [-0.15, -0.1) is 0 Å². The topological polar surface area (TPSA) is 72.2 Å². The summed E-state index contributed by atoms with van der Waals surface area (Å²) >= 11 is 0. The van der Waals surface area contributed by atoms with Crippen LogP contribution in [0.3, 0.4) is 0 Å². The molecule has 0 saturated heterocycles. The summed E-state index contributed by atoms with van der Waals surface area (Å²) in [6.07, 6.45) is -2.65. The summed E-state index contributed by atoms with van der Waals surface area (Å²) in [7, 11) is 0. The molecule has 1 aromatic rings. The van der Waals surface area contributed by atoms with Crippen LogP contribution in [0.5, 0.6) is 0 Å². The van der Waals surface area contributed by atoms with Gasteiger partial charge in [0.2, 0.25) is 11.8 Å². The molecule has 0 aliphatic heterocycles. The van der Waals surface area contributed by atoms with E-state index in [1.807, 2.05) is 0 Å². The molecule has 2 amide bonds. The first-order chi connectivity index (χ1) is 11.7. The maximum Gasteiger partial charge on any atom is 0.403 e. The van der Waals surface area contributed by atoms with Gasteiger partial charge < -0.3 is 11.1 Å². The number of benzene rings is 1. The minimum Gasteiger partial charge on any atom is -0.366 e. The minimum absolute atomic E-state index is 0.118. The van der Waals surface area contributed by atoms with Crippen molar-refractivity contribution in [2.45, 2.75) is 56.7 Å². The van der Waals surface area contributed by atoms with E-state index < -0.39 is 23.4 Å². The van der Waals surface area contributed by atoms with Crippen LogP contribution in [0, 0.1) is 5.41 Å². The molecule has 2 saturated carbocycles. The first-order valence-corrected chi connectivity index (χ1v) is 8.50. The van der Waals surface area contributed by atoms with Gasteiger partial charge >= 0.3 is 6.18 Å². The molecule has 3 N–H and O–H groups in total. The SMILES string of the molecule is NC(=O)c1ccc(C2CC(NC(=O)C3(C(F)(F)F)CCCC3)C2)cc1. The zero-order valence-corrected chi connectivity index (χ0v) is 13.7. The van der Waals surface area contributed by atoms with Crippen molar-refractivity contribution in [1.29, 1.82) is 0 Å². The minimum atomic E-state index is -4.50. The molecule has 2 aliphatic rings. The number of halogens is 3. The van der Waals surface area contributed by atoms with Crippen LogP contribution in [0.25, 0.3) is 0 Å². The number of primary amides is 1. The number of alkyl halides is 3. The number of rotatable bonds is 4. The Labute approximate surface area is 144 Å². The number of carbonyl (C=O) groups excluding carboxylic acids is 2. The molecule has 0 atom stereocenters. The van der Waals surface area contributed by atoms with Gasteiger partial charge in [-0.3, -0.25) is 9.59 Å². The first kappa shape index (κ1) is 17.8. The molecule has 3 rings (SSSR count). The molecule has 7 heteroatoms. The second-order valence-electron chi connectivity index (χ2n) is 7.11. The van der Waals surface area contributed by atoms with E-state index in [1.54, 1.807) is 24.3 Å². The number of amides is 2. The second-order valence-corrected chi connectivity index (χ2v) is 7.11. The highest BCUT2D eigenvalue weighted by molar-refractivity contribution is 5.92. The predicted molar refractivity (Wildman–Crippen MR) is 85.8 cm³/mol. The van der Waals surface area contributed by atoms with E-state index >= 15 is 0 Å². The fourth-order valence-electron chi connectivity index (χ4n) is 3.87. The largest absolute Gasteiger partial charge is 0.403 e. The molecule has 0 spiro atoms. The lowest BCUT2D eigenvalue weighted by Gasteiger charge is -2.39. The summed E-state index contributed by atoms with van der Waals surface area (Å²) in [5.74, 6) is -1.19. The number of nitrogens with two attached hydrogens (primary N) is 1. The van der Waals surface area contributed by atoms with E-state index in [9.17, 15) is 22.8 Å². The molecule has 0 radical (unpaired) electrons. The number of hydrogen-bond acceptors (Lipinski definition) is 2. The lowest BCUT2D eigenvalue weighted by atomic mass is 9.74. The van der Waals surface area contributed by atoms with Gasteiger partial charge in [0, 0.05) is 11.6 Å². The van der Waals surface area contributed by atoms with Gasteiger partial charge in [-0.1, -0.05) is 25.0 Å². The normalized spacial score (nSPS) is 25.2. The molecular formula is C18H21F3N2O2. The highest BCUT2D eigenvalue weighted by Crippen LogP contribution is 2.51. The van der Waals surface area contributed by atoms with Gasteiger partial charge in [-0.05, 0) is 49.3 Å². The van der Waals surface area contributed by atoms with Crippen LogP contribution >= 0.6 is 0 Å². The summed E-state index contributed by atoms with van der Waals surface area (Å²) in [6, 6.07) is 6.66. The van der Waals surface area contributed by atoms with E-state index in [0.717, 1.165) is 5.56 Å². The van der Waals surface area contributed by atoms with E-state index in [2.05, 4.69) is 5.32 Å². The van der Waals surface area contributed by atoms with Crippen molar-refractivity contribution in [2.75, 3.05) is 0 Å². The maximum atomic E-state index is 13.4. The summed E-state index contributed by atoms with van der Waals surface area (Å²) in [6.45, 7) is 0. The molecular weight excluding hydrogens is 333 g/mol. The van der Waals surface area contributed by atoms with Crippen LogP contribution in [-0.2, 0) is 4.79 Å². The average Bonchev–Trinajstić information content (AvgIpc) is 3.01. The molecule has 0 heterocycles. The Morgan fingerprint density at radius 1 is 1.08 bits per heavy atom. The second kappa shape index (κ2) is 6.35. The molecule has 0 unspecified atom stereocenters. The van der Waals surface area contributed by atoms with Crippen LogP contribution in [0.1, 0.15) is 60.4 Å². The molecule has 25 heavy (non-hydrogen) atoms. The highest BCUT2D eigenvalue weighted by Gasteiger charge is 2.61. The van der Waals surface area contributed by atoms with Gasteiger partial charge in [-0.2, -0.15) is 13.2 Å². The van der Waals surface area contributed by atoms with Gasteiger partial charge in [0.1, 0.15) is 5.41 Å². The Bertz CT molecular complexity index is 658. The first-order valence-electron chi connectivity index (χ1n) is 8.50. The lowest BCUT2D eigenvalue weighted by Crippen LogP contribution is -2.54. The highest BCUT2D eigenvalue weighted by atomic mass is 19.4. The molecule has 2 fully saturated rings. The van der Waals surface area contributed by atoms with Crippen molar-refractivity contribution in [3.8, 4) is 0 Å². The zero-order chi connectivity index (χ0) is 18.2. The monoisotopic (exact) mass is 354 g/mol. The molecule has 0 bridgehead atoms. The van der Waals surface area contributed by atoms with Gasteiger partial charge in [-0.25, -0.2) is 0 Å². The molecule has 136 valence electrons. The van der Waals surface area contributed by atoms with Crippen molar-refractivity contribution in [2.24, 2.45) is 11.1 Å². The Balaban J connectivity index is 1.58. The Kier molecular flexibility index (Phi) is 4.51. The third-order valence-electron chi connectivity index (χ3n) is 5.57. The van der Waals surface area contributed by atoms with Crippen LogP contribution < -0.4 is 11.1 Å². The summed E-state index contributed by atoms with van der Waals surface area (Å²) in [5.41, 5.74) is 4.40. The van der Waals surface area contributed by atoms with Crippen molar-refractivity contribution in [3.05, 3.63) is 35.4 Å². The Hall–Kier alpha value is -2.05. The lowest BCUT2D eigenvalue weighted by molar-refractivity contribution is -0.220. The third-order valence-corrected chi connectivity index (χ3v) is 5.57. The number of nitrogens with one attached hydrogen (secondary N) is 1. The summed E-state index contributed by atoms with van der Waals surface area (Å²) in [5, 5.41) is 2.60. The standard InChI is InChI=1S/C18H21F3N2O2/c19-18(20,21)17(7-1-2-8-17)16(25)23-14-9-13(10-14)11-3-5-12(6-4-11)15(22)24/h3-6,13-14H,1-2,7-10H2,(H2,22,24)(H,23,25). The van der Waals surface area contributed by atoms with E-state index in [0.29, 0.717) is 31.2 Å². The van der Waals surface area contributed by atoms with Crippen LogP contribution in [0.2, 0.25) is 0 Å². The van der Waals surface area contributed by atoms with Crippen LogP contribution in [0.4, 0.5) is 13.2 Å². The smallest absolute Gasteiger partial charge is 0.366 e. The number of hydrogen-bond donors (Lipinski definition) is 2. The zero-order valence-electron chi connectivity index (χ0n) is 13.7. The van der Waals surface area contributed by atoms with Crippen molar-refractivity contribution in [3.63, 3.8) is 0 Å². The quantitative estimate of drug-likeness (QED) is 0.871. The van der Waals surface area contributed by atoms with Gasteiger partial charge in [0.25, 0.3) is 0 Å². The average molecular weight is 354 g/mol. The number of carbonyl (C=O) groups is 2. The van der Waals surface area contributed by atoms with E-state index in [4.69, 9.17) is 5.73 Å². The predicted octanol–water partition coefficient (Wildman–Crippen LogP) is 3.27. The van der Waals surface area contributed by atoms with Crippen molar-refractivity contribution in [1.82, 2.24) is 5.32 Å².